The summed E-state index contributed by atoms with van der Waals surface area (Å²) in [5, 5.41) is 20.3. The van der Waals surface area contributed by atoms with Crippen molar-refractivity contribution in [3.63, 3.8) is 0 Å². The molecular formula is C27H41F2NO2. The first-order valence-corrected chi connectivity index (χ1v) is 12.6. The average molecular weight is 450 g/mol. The van der Waals surface area contributed by atoms with Gasteiger partial charge in [0.25, 0.3) is 0 Å². The number of nitrogens with zero attached hydrogens (tertiary/aromatic N) is 1. The largest absolute Gasteiger partial charge is 0.388 e. The number of likely N-dealkylation sites (tertiary alicyclic amines) is 1. The highest BCUT2D eigenvalue weighted by molar-refractivity contribution is 5.29. The van der Waals surface area contributed by atoms with E-state index in [0.29, 0.717) is 54.7 Å². The Morgan fingerprint density at radius 1 is 1.16 bits per heavy atom. The minimum atomic E-state index is -2.17. The molecule has 4 aliphatic rings. The van der Waals surface area contributed by atoms with Gasteiger partial charge >= 0.3 is 0 Å². The van der Waals surface area contributed by atoms with Crippen LogP contribution >= 0.6 is 0 Å². The van der Waals surface area contributed by atoms with Crippen LogP contribution in [0.1, 0.15) is 65.2 Å². The highest BCUT2D eigenvalue weighted by Crippen LogP contribution is 2.59. The molecule has 4 rings (SSSR count). The molecule has 0 radical (unpaired) electrons. The third kappa shape index (κ3) is 4.76. The summed E-state index contributed by atoms with van der Waals surface area (Å²) < 4.78 is 25.5. The Kier molecular flexibility index (Phi) is 7.29. The van der Waals surface area contributed by atoms with E-state index in [9.17, 15) is 19.0 Å². The van der Waals surface area contributed by atoms with Gasteiger partial charge in [-0.3, -0.25) is 0 Å². The Balaban J connectivity index is 1.37. The van der Waals surface area contributed by atoms with Gasteiger partial charge in [-0.05, 0) is 86.7 Å². The maximum absolute atomic E-state index is 12.7. The number of rotatable bonds is 6. The lowest BCUT2D eigenvalue weighted by Gasteiger charge is -2.45. The van der Waals surface area contributed by atoms with Gasteiger partial charge in [0.15, 0.2) is 0 Å². The minimum Gasteiger partial charge on any atom is -0.388 e. The van der Waals surface area contributed by atoms with Crippen molar-refractivity contribution in [2.45, 2.75) is 83.8 Å². The zero-order chi connectivity index (χ0) is 23.0. The minimum absolute atomic E-state index is 0.322. The Morgan fingerprint density at radius 3 is 2.50 bits per heavy atom. The molecule has 3 aliphatic carbocycles. The summed E-state index contributed by atoms with van der Waals surface area (Å²) in [5.74, 6) is 1.50. The molecule has 0 aromatic carbocycles. The van der Waals surface area contributed by atoms with Gasteiger partial charge in [0.1, 0.15) is 0 Å². The van der Waals surface area contributed by atoms with Crippen molar-refractivity contribution < 1.29 is 19.0 Å². The van der Waals surface area contributed by atoms with Gasteiger partial charge in [-0.25, -0.2) is 8.78 Å². The summed E-state index contributed by atoms with van der Waals surface area (Å²) in [6.45, 7) is 10.7. The standard InChI is InChI=1S/C27H41F2NO2/c1-17(10-12-30-15-21(16-30)26(28)29)22-8-9-23-20(5-4-11-27(22,23)3)7-6-19-13-24(31)18(2)25(32)14-19/h6-7,17,21-26,31-32H,2,4-5,8-16H2,1,3H3/t17?,22-,23+,24-,25-,27-/m1/s1. The average Bonchev–Trinajstić information content (AvgIpc) is 3.06. The van der Waals surface area contributed by atoms with Gasteiger partial charge in [-0.15, -0.1) is 0 Å². The van der Waals surface area contributed by atoms with Crippen molar-refractivity contribution in [2.75, 3.05) is 19.6 Å². The van der Waals surface area contributed by atoms with Crippen molar-refractivity contribution in [3.8, 4) is 0 Å². The summed E-state index contributed by atoms with van der Waals surface area (Å²) in [6.07, 6.45) is 9.38. The molecule has 0 aromatic rings. The van der Waals surface area contributed by atoms with Crippen molar-refractivity contribution in [1.82, 2.24) is 4.90 Å². The molecule has 1 aliphatic heterocycles. The van der Waals surface area contributed by atoms with Crippen LogP contribution in [0.2, 0.25) is 0 Å². The molecular weight excluding hydrogens is 408 g/mol. The van der Waals surface area contributed by atoms with Gasteiger partial charge in [0.05, 0.1) is 12.2 Å². The van der Waals surface area contributed by atoms with Crippen molar-refractivity contribution in [3.05, 3.63) is 35.5 Å². The predicted molar refractivity (Wildman–Crippen MR) is 124 cm³/mol. The number of fused-ring (bicyclic) bond motifs is 1. The second-order valence-electron chi connectivity index (χ2n) is 11.3. The third-order valence-electron chi connectivity index (χ3n) is 9.27. The van der Waals surface area contributed by atoms with Gasteiger partial charge in [0.2, 0.25) is 6.43 Å². The number of hydrogen-bond donors (Lipinski definition) is 2. The van der Waals surface area contributed by atoms with Crippen LogP contribution in [0, 0.1) is 29.1 Å². The lowest BCUT2D eigenvalue weighted by Crippen LogP contribution is -2.50. The first-order valence-electron chi connectivity index (χ1n) is 12.6. The van der Waals surface area contributed by atoms with E-state index in [0.717, 1.165) is 25.0 Å². The molecule has 3 saturated carbocycles. The van der Waals surface area contributed by atoms with Crippen LogP contribution in [-0.2, 0) is 0 Å². The van der Waals surface area contributed by atoms with Crippen LogP contribution in [-0.4, -0.2) is 53.4 Å². The van der Waals surface area contributed by atoms with Crippen LogP contribution in [0.25, 0.3) is 0 Å². The van der Waals surface area contributed by atoms with Crippen molar-refractivity contribution in [1.29, 1.82) is 0 Å². The predicted octanol–water partition coefficient (Wildman–Crippen LogP) is 5.35. The summed E-state index contributed by atoms with van der Waals surface area (Å²) >= 11 is 0. The third-order valence-corrected chi connectivity index (χ3v) is 9.27. The van der Waals surface area contributed by atoms with Crippen LogP contribution in [0.5, 0.6) is 0 Å². The summed E-state index contributed by atoms with van der Waals surface area (Å²) in [7, 11) is 0. The number of aliphatic hydroxyl groups is 2. The number of allylic oxidation sites excluding steroid dienone is 3. The second-order valence-corrected chi connectivity index (χ2v) is 11.3. The fraction of sp³-hybridized carbons (Fsp3) is 0.778. The Morgan fingerprint density at radius 2 is 1.84 bits per heavy atom. The molecule has 1 heterocycles. The Bertz CT molecular complexity index is 741. The number of halogens is 2. The van der Waals surface area contributed by atoms with E-state index < -0.39 is 24.6 Å². The zero-order valence-corrected chi connectivity index (χ0v) is 19.8. The second kappa shape index (κ2) is 9.68. The molecule has 4 fully saturated rings. The molecule has 5 heteroatoms. The van der Waals surface area contributed by atoms with Gasteiger partial charge < -0.3 is 15.1 Å². The van der Waals surface area contributed by atoms with Gasteiger partial charge in [0, 0.05) is 19.0 Å². The van der Waals surface area contributed by atoms with E-state index >= 15 is 0 Å². The molecule has 0 bridgehead atoms. The zero-order valence-electron chi connectivity index (χ0n) is 19.8. The molecule has 0 spiro atoms. The van der Waals surface area contributed by atoms with Gasteiger partial charge in [-0.1, -0.05) is 43.7 Å². The molecule has 1 unspecified atom stereocenters. The Hall–Kier alpha value is -1.04. The van der Waals surface area contributed by atoms with E-state index in [2.05, 4.69) is 37.5 Å². The van der Waals surface area contributed by atoms with E-state index in [1.165, 1.54) is 31.3 Å². The van der Waals surface area contributed by atoms with Crippen LogP contribution < -0.4 is 0 Å². The molecule has 32 heavy (non-hydrogen) atoms. The van der Waals surface area contributed by atoms with Crippen LogP contribution in [0.3, 0.4) is 0 Å². The molecule has 1 saturated heterocycles. The molecule has 0 amide bonds. The quantitative estimate of drug-likeness (QED) is 0.537. The maximum Gasteiger partial charge on any atom is 0.243 e. The van der Waals surface area contributed by atoms with E-state index in [-0.39, 0.29) is 0 Å². The highest BCUT2D eigenvalue weighted by atomic mass is 19.3. The van der Waals surface area contributed by atoms with Crippen LogP contribution in [0.15, 0.2) is 35.5 Å². The number of aliphatic hydroxyl groups excluding tert-OH is 2. The summed E-state index contributed by atoms with van der Waals surface area (Å²) in [4.78, 5) is 2.20. The van der Waals surface area contributed by atoms with Crippen molar-refractivity contribution in [2.24, 2.45) is 29.1 Å². The highest BCUT2D eigenvalue weighted by Gasteiger charge is 2.50. The first kappa shape index (κ1) is 24.1. The normalized spacial score (nSPS) is 38.8. The summed E-state index contributed by atoms with van der Waals surface area (Å²) in [5.41, 5.74) is 3.51. The Labute approximate surface area is 192 Å². The maximum atomic E-state index is 12.7. The topological polar surface area (TPSA) is 43.7 Å². The molecule has 0 aromatic heterocycles. The smallest absolute Gasteiger partial charge is 0.243 e. The van der Waals surface area contributed by atoms with Crippen molar-refractivity contribution >= 4 is 0 Å². The molecule has 3 nitrogen and oxygen atoms in total. The molecule has 6 atom stereocenters. The lowest BCUT2D eigenvalue weighted by atomic mass is 9.61. The van der Waals surface area contributed by atoms with E-state index in [4.69, 9.17) is 0 Å². The fourth-order valence-electron chi connectivity index (χ4n) is 7.18. The number of alkyl halides is 2. The fourth-order valence-corrected chi connectivity index (χ4v) is 7.18. The van der Waals surface area contributed by atoms with Gasteiger partial charge in [-0.2, -0.15) is 0 Å². The lowest BCUT2D eigenvalue weighted by molar-refractivity contribution is -0.0280. The monoisotopic (exact) mass is 449 g/mol. The molecule has 2 N–H and O–H groups in total. The SMILES string of the molecule is C=C1[C@H](O)CC(=CC=C2CCC[C@]3(C)[C@@H](C(C)CCN4CC(C(F)F)C4)CC[C@@H]23)C[C@H]1O. The first-order chi connectivity index (χ1) is 15.2. The van der Waals surface area contributed by atoms with E-state index in [1.807, 2.05) is 0 Å². The summed E-state index contributed by atoms with van der Waals surface area (Å²) in [6, 6.07) is 0. The van der Waals surface area contributed by atoms with Crippen LogP contribution in [0.4, 0.5) is 8.78 Å². The number of hydrogen-bond acceptors (Lipinski definition) is 3. The van der Waals surface area contributed by atoms with E-state index in [1.54, 1.807) is 0 Å². The molecule has 180 valence electrons.